The predicted octanol–water partition coefficient (Wildman–Crippen LogP) is 2.88. The Hall–Kier alpha value is -1.35. The van der Waals surface area contributed by atoms with E-state index in [1.165, 1.54) is 5.56 Å². The van der Waals surface area contributed by atoms with E-state index in [0.717, 1.165) is 19.5 Å². The standard InChI is InChI=1S/C17H28N2O/c1-14(2)16(15-9-6-5-7-10-15)13-17(20)18-11-8-12-19(3)4/h5-7,9-10,14,16H,8,11-13H2,1-4H3,(H,18,20)/t16-/m0/s1. The van der Waals surface area contributed by atoms with Crippen LogP contribution < -0.4 is 5.32 Å². The average Bonchev–Trinajstić information content (AvgIpc) is 2.41. The van der Waals surface area contributed by atoms with Crippen molar-refractivity contribution in [1.29, 1.82) is 0 Å². The highest BCUT2D eigenvalue weighted by atomic mass is 16.1. The Labute approximate surface area is 123 Å². The average molecular weight is 276 g/mol. The second-order valence-corrected chi connectivity index (χ2v) is 5.97. The van der Waals surface area contributed by atoms with Gasteiger partial charge in [0.05, 0.1) is 0 Å². The molecule has 20 heavy (non-hydrogen) atoms. The Morgan fingerprint density at radius 2 is 1.85 bits per heavy atom. The van der Waals surface area contributed by atoms with Crippen molar-refractivity contribution in [2.75, 3.05) is 27.2 Å². The molecule has 1 N–H and O–H groups in total. The van der Waals surface area contributed by atoms with Crippen LogP contribution in [-0.2, 0) is 4.79 Å². The molecule has 1 rings (SSSR count). The van der Waals surface area contributed by atoms with E-state index in [1.54, 1.807) is 0 Å². The molecule has 1 amide bonds. The largest absolute Gasteiger partial charge is 0.356 e. The van der Waals surface area contributed by atoms with E-state index in [4.69, 9.17) is 0 Å². The fraction of sp³-hybridized carbons (Fsp3) is 0.588. The summed E-state index contributed by atoms with van der Waals surface area (Å²) in [7, 11) is 4.10. The number of rotatable bonds is 8. The molecule has 3 nitrogen and oxygen atoms in total. The minimum Gasteiger partial charge on any atom is -0.356 e. The van der Waals surface area contributed by atoms with E-state index in [0.29, 0.717) is 18.3 Å². The SMILES string of the molecule is CC(C)[C@H](CC(=O)NCCCN(C)C)c1ccccc1. The van der Waals surface area contributed by atoms with Crippen LogP contribution >= 0.6 is 0 Å². The molecule has 0 aliphatic heterocycles. The van der Waals surface area contributed by atoms with Crippen molar-refractivity contribution in [1.82, 2.24) is 10.2 Å². The van der Waals surface area contributed by atoms with Gasteiger partial charge in [0.1, 0.15) is 0 Å². The van der Waals surface area contributed by atoms with Gasteiger partial charge in [-0.05, 0) is 44.5 Å². The zero-order chi connectivity index (χ0) is 15.0. The van der Waals surface area contributed by atoms with Crippen molar-refractivity contribution in [3.63, 3.8) is 0 Å². The van der Waals surface area contributed by atoms with E-state index >= 15 is 0 Å². The highest BCUT2D eigenvalue weighted by Crippen LogP contribution is 2.27. The molecule has 0 aromatic heterocycles. The van der Waals surface area contributed by atoms with Gasteiger partial charge in [-0.3, -0.25) is 4.79 Å². The summed E-state index contributed by atoms with van der Waals surface area (Å²) in [6.07, 6.45) is 1.57. The van der Waals surface area contributed by atoms with Gasteiger partial charge < -0.3 is 10.2 Å². The zero-order valence-electron chi connectivity index (χ0n) is 13.2. The third-order valence-corrected chi connectivity index (χ3v) is 3.54. The molecule has 0 aliphatic carbocycles. The summed E-state index contributed by atoms with van der Waals surface area (Å²) in [5.74, 6) is 0.918. The maximum atomic E-state index is 12.1. The van der Waals surface area contributed by atoms with Gasteiger partial charge in [-0.1, -0.05) is 44.2 Å². The second kappa shape index (κ2) is 8.75. The molecule has 0 saturated carbocycles. The van der Waals surface area contributed by atoms with Gasteiger partial charge >= 0.3 is 0 Å². The first kappa shape index (κ1) is 16.7. The summed E-state index contributed by atoms with van der Waals surface area (Å²) in [6, 6.07) is 10.3. The van der Waals surface area contributed by atoms with Crippen LogP contribution in [0.4, 0.5) is 0 Å². The molecule has 1 aromatic rings. The third kappa shape index (κ3) is 6.20. The number of amides is 1. The Morgan fingerprint density at radius 1 is 1.20 bits per heavy atom. The fourth-order valence-corrected chi connectivity index (χ4v) is 2.33. The zero-order valence-corrected chi connectivity index (χ0v) is 13.2. The molecule has 0 saturated heterocycles. The highest BCUT2D eigenvalue weighted by Gasteiger charge is 2.19. The number of carbonyl (C=O) groups is 1. The van der Waals surface area contributed by atoms with Gasteiger partial charge in [-0.15, -0.1) is 0 Å². The lowest BCUT2D eigenvalue weighted by Gasteiger charge is -2.21. The molecule has 0 spiro atoms. The molecule has 0 unspecified atom stereocenters. The molecular weight excluding hydrogens is 248 g/mol. The van der Waals surface area contributed by atoms with Gasteiger partial charge in [-0.2, -0.15) is 0 Å². The Balaban J connectivity index is 2.44. The van der Waals surface area contributed by atoms with Crippen molar-refractivity contribution >= 4 is 5.91 Å². The van der Waals surface area contributed by atoms with Gasteiger partial charge in [0.25, 0.3) is 0 Å². The smallest absolute Gasteiger partial charge is 0.220 e. The minimum absolute atomic E-state index is 0.159. The van der Waals surface area contributed by atoms with Crippen LogP contribution in [0.15, 0.2) is 30.3 Å². The molecule has 0 radical (unpaired) electrons. The first-order chi connectivity index (χ1) is 9.50. The van der Waals surface area contributed by atoms with E-state index < -0.39 is 0 Å². The highest BCUT2D eigenvalue weighted by molar-refractivity contribution is 5.76. The summed E-state index contributed by atoms with van der Waals surface area (Å²) in [6.45, 7) is 6.12. The lowest BCUT2D eigenvalue weighted by molar-refractivity contribution is -0.121. The van der Waals surface area contributed by atoms with Gasteiger partial charge in [-0.25, -0.2) is 0 Å². The normalized spacial score (nSPS) is 12.7. The third-order valence-electron chi connectivity index (χ3n) is 3.54. The topological polar surface area (TPSA) is 32.3 Å². The maximum absolute atomic E-state index is 12.1. The monoisotopic (exact) mass is 276 g/mol. The van der Waals surface area contributed by atoms with E-state index in [9.17, 15) is 4.79 Å². The van der Waals surface area contributed by atoms with Crippen molar-refractivity contribution in [2.45, 2.75) is 32.6 Å². The molecule has 1 aromatic carbocycles. The Kier molecular flexibility index (Phi) is 7.31. The van der Waals surface area contributed by atoms with Gasteiger partial charge in [0.15, 0.2) is 0 Å². The van der Waals surface area contributed by atoms with Crippen molar-refractivity contribution in [3.8, 4) is 0 Å². The van der Waals surface area contributed by atoms with Crippen molar-refractivity contribution in [2.24, 2.45) is 5.92 Å². The summed E-state index contributed by atoms with van der Waals surface area (Å²) in [4.78, 5) is 14.2. The molecule has 0 aliphatic rings. The van der Waals surface area contributed by atoms with Crippen LogP contribution in [-0.4, -0.2) is 38.0 Å². The summed E-state index contributed by atoms with van der Waals surface area (Å²) >= 11 is 0. The maximum Gasteiger partial charge on any atom is 0.220 e. The van der Waals surface area contributed by atoms with Crippen LogP contribution in [0.2, 0.25) is 0 Å². The minimum atomic E-state index is 0.159. The van der Waals surface area contributed by atoms with Crippen molar-refractivity contribution < 1.29 is 4.79 Å². The predicted molar refractivity (Wildman–Crippen MR) is 84.8 cm³/mol. The van der Waals surface area contributed by atoms with Crippen LogP contribution in [0.3, 0.4) is 0 Å². The molecule has 0 heterocycles. The van der Waals surface area contributed by atoms with Crippen LogP contribution in [0.25, 0.3) is 0 Å². The van der Waals surface area contributed by atoms with Gasteiger partial charge in [0, 0.05) is 13.0 Å². The summed E-state index contributed by atoms with van der Waals surface area (Å²) in [5, 5.41) is 3.03. The summed E-state index contributed by atoms with van der Waals surface area (Å²) in [5.41, 5.74) is 1.26. The number of benzene rings is 1. The first-order valence-corrected chi connectivity index (χ1v) is 7.47. The van der Waals surface area contributed by atoms with E-state index in [1.807, 2.05) is 32.3 Å². The summed E-state index contributed by atoms with van der Waals surface area (Å²) < 4.78 is 0. The number of hydrogen-bond acceptors (Lipinski definition) is 2. The molecular formula is C17H28N2O. The van der Waals surface area contributed by atoms with Crippen LogP contribution in [0.1, 0.15) is 38.2 Å². The molecule has 0 bridgehead atoms. The lowest BCUT2D eigenvalue weighted by Crippen LogP contribution is -2.29. The van der Waals surface area contributed by atoms with Crippen LogP contribution in [0, 0.1) is 5.92 Å². The quantitative estimate of drug-likeness (QED) is 0.741. The van der Waals surface area contributed by atoms with E-state index in [2.05, 4.69) is 36.2 Å². The lowest BCUT2D eigenvalue weighted by atomic mass is 9.85. The molecule has 3 heteroatoms. The number of carbonyl (C=O) groups excluding carboxylic acids is 1. The first-order valence-electron chi connectivity index (χ1n) is 7.47. The van der Waals surface area contributed by atoms with E-state index in [-0.39, 0.29) is 5.91 Å². The number of hydrogen-bond donors (Lipinski definition) is 1. The number of nitrogens with one attached hydrogen (secondary N) is 1. The Morgan fingerprint density at radius 3 is 2.40 bits per heavy atom. The second-order valence-electron chi connectivity index (χ2n) is 5.97. The molecule has 0 fully saturated rings. The fourth-order valence-electron chi connectivity index (χ4n) is 2.33. The molecule has 112 valence electrons. The number of nitrogens with zero attached hydrogens (tertiary/aromatic N) is 1. The van der Waals surface area contributed by atoms with Crippen molar-refractivity contribution in [3.05, 3.63) is 35.9 Å². The Bertz CT molecular complexity index is 387. The molecule has 1 atom stereocenters. The van der Waals surface area contributed by atoms with Crippen LogP contribution in [0.5, 0.6) is 0 Å². The van der Waals surface area contributed by atoms with Gasteiger partial charge in [0.2, 0.25) is 5.91 Å².